The fourth-order valence-corrected chi connectivity index (χ4v) is 4.81. The van der Waals surface area contributed by atoms with Crippen molar-refractivity contribution in [2.45, 2.75) is 37.4 Å². The van der Waals surface area contributed by atoms with E-state index in [4.69, 9.17) is 11.6 Å². The van der Waals surface area contributed by atoms with E-state index in [9.17, 15) is 18.8 Å². The molecular weight excluding hydrogens is 483 g/mol. The molecule has 3 aliphatic rings. The van der Waals surface area contributed by atoms with Crippen LogP contribution in [0.5, 0.6) is 0 Å². The summed E-state index contributed by atoms with van der Waals surface area (Å²) in [6.07, 6.45) is 2.59. The Labute approximate surface area is 213 Å². The summed E-state index contributed by atoms with van der Waals surface area (Å²) in [7, 11) is 1.51. The summed E-state index contributed by atoms with van der Waals surface area (Å²) in [5.41, 5.74) is 1.28. The Morgan fingerprint density at radius 2 is 1.81 bits per heavy atom. The quantitative estimate of drug-likeness (QED) is 0.625. The molecule has 1 fully saturated rings. The molecule has 0 bridgehead atoms. The number of benzene rings is 2. The zero-order chi connectivity index (χ0) is 25.4. The van der Waals surface area contributed by atoms with Gasteiger partial charge < -0.3 is 20.4 Å². The van der Waals surface area contributed by atoms with Crippen LogP contribution in [-0.4, -0.2) is 52.7 Å². The number of hydrogen-bond donors (Lipinski definition) is 2. The van der Waals surface area contributed by atoms with Gasteiger partial charge in [-0.3, -0.25) is 14.4 Å². The first-order valence-electron chi connectivity index (χ1n) is 11.8. The number of halogens is 2. The van der Waals surface area contributed by atoms with Gasteiger partial charge in [-0.25, -0.2) is 4.39 Å². The number of hydrogen-bond acceptors (Lipinski definition) is 4. The lowest BCUT2D eigenvalue weighted by atomic mass is 9.97. The van der Waals surface area contributed by atoms with Gasteiger partial charge in [-0.2, -0.15) is 0 Å². The molecule has 2 aromatic rings. The van der Waals surface area contributed by atoms with E-state index in [2.05, 4.69) is 10.6 Å². The third-order valence-electron chi connectivity index (χ3n) is 6.90. The molecule has 0 saturated heterocycles. The summed E-state index contributed by atoms with van der Waals surface area (Å²) >= 11 is 6.00. The molecule has 9 heteroatoms. The van der Waals surface area contributed by atoms with Crippen LogP contribution < -0.4 is 10.6 Å². The first-order chi connectivity index (χ1) is 17.3. The molecule has 1 aliphatic carbocycles. The Morgan fingerprint density at radius 1 is 1.11 bits per heavy atom. The lowest BCUT2D eigenvalue weighted by Crippen LogP contribution is -2.57. The first-order valence-corrected chi connectivity index (χ1v) is 12.2. The highest BCUT2D eigenvalue weighted by Gasteiger charge is 2.52. The molecule has 3 amide bonds. The highest BCUT2D eigenvalue weighted by Crippen LogP contribution is 2.38. The molecule has 186 valence electrons. The zero-order valence-corrected chi connectivity index (χ0v) is 20.5. The zero-order valence-electron chi connectivity index (χ0n) is 19.8. The molecule has 2 N–H and O–H groups in total. The number of amides is 3. The number of likely N-dealkylation sites (N-methyl/N-ethyl adjacent to an activating group) is 1. The summed E-state index contributed by atoms with van der Waals surface area (Å²) in [6, 6.07) is 15.2. The van der Waals surface area contributed by atoms with Crippen LogP contribution in [0, 0.1) is 0 Å². The minimum Gasteiger partial charge on any atom is -0.365 e. The molecule has 0 unspecified atom stereocenters. The van der Waals surface area contributed by atoms with Gasteiger partial charge in [0.15, 0.2) is 0 Å². The van der Waals surface area contributed by atoms with E-state index in [0.717, 1.165) is 5.56 Å². The van der Waals surface area contributed by atoms with Gasteiger partial charge in [0, 0.05) is 42.8 Å². The standard InChI is InChI=1S/C27H26ClFN4O3/c1-32-23-20(29)11-14-33(16-17-7-9-19(28)10-8-17)22(23)15-21(25(32)35)30-26(36)27(12-13-27)31-24(34)18-5-3-2-4-6-18/h2-11,21H,12-16H2,1H3,(H,30,36)(H,31,34)/t21-/m1/s1. The number of allylic oxidation sites excluding steroid dienone is 1. The second-order valence-corrected chi connectivity index (χ2v) is 9.82. The van der Waals surface area contributed by atoms with Crippen molar-refractivity contribution in [2.24, 2.45) is 0 Å². The third-order valence-corrected chi connectivity index (χ3v) is 7.15. The summed E-state index contributed by atoms with van der Waals surface area (Å²) in [6.45, 7) is 0.840. The van der Waals surface area contributed by atoms with Crippen LogP contribution in [0.3, 0.4) is 0 Å². The van der Waals surface area contributed by atoms with Gasteiger partial charge in [0.2, 0.25) is 11.8 Å². The predicted molar refractivity (Wildman–Crippen MR) is 133 cm³/mol. The maximum Gasteiger partial charge on any atom is 0.252 e. The Hall–Kier alpha value is -3.65. The maximum atomic E-state index is 14.8. The molecule has 2 aromatic carbocycles. The van der Waals surface area contributed by atoms with Crippen molar-refractivity contribution in [2.75, 3.05) is 13.6 Å². The average molecular weight is 509 g/mol. The Morgan fingerprint density at radius 3 is 2.47 bits per heavy atom. The third kappa shape index (κ3) is 4.60. The van der Waals surface area contributed by atoms with Gasteiger partial charge in [-0.1, -0.05) is 41.9 Å². The van der Waals surface area contributed by atoms with Crippen LogP contribution in [0.25, 0.3) is 0 Å². The van der Waals surface area contributed by atoms with Crippen molar-refractivity contribution in [1.29, 1.82) is 0 Å². The summed E-state index contributed by atoms with van der Waals surface area (Å²) < 4.78 is 14.8. The molecule has 5 rings (SSSR count). The van der Waals surface area contributed by atoms with E-state index in [-0.39, 0.29) is 18.0 Å². The van der Waals surface area contributed by atoms with Crippen LogP contribution in [0.1, 0.15) is 35.2 Å². The molecular formula is C27H26ClFN4O3. The minimum atomic E-state index is -1.04. The number of rotatable bonds is 6. The fraction of sp³-hybridized carbons (Fsp3) is 0.296. The lowest BCUT2D eigenvalue weighted by molar-refractivity contribution is -0.135. The van der Waals surface area contributed by atoms with Gasteiger partial charge in [0.1, 0.15) is 17.4 Å². The number of carbonyl (C=O) groups excluding carboxylic acids is 3. The minimum absolute atomic E-state index is 0.155. The molecule has 36 heavy (non-hydrogen) atoms. The van der Waals surface area contributed by atoms with E-state index in [1.54, 1.807) is 36.4 Å². The van der Waals surface area contributed by atoms with Gasteiger partial charge in [-0.05, 0) is 48.7 Å². The van der Waals surface area contributed by atoms with E-state index in [1.807, 2.05) is 23.1 Å². The number of nitrogens with one attached hydrogen (secondary N) is 2. The molecule has 1 atom stereocenters. The maximum absolute atomic E-state index is 14.8. The van der Waals surface area contributed by atoms with Gasteiger partial charge in [0.05, 0.1) is 5.70 Å². The van der Waals surface area contributed by atoms with Gasteiger partial charge in [0.25, 0.3) is 5.91 Å². The van der Waals surface area contributed by atoms with Crippen LogP contribution in [-0.2, 0) is 16.1 Å². The van der Waals surface area contributed by atoms with Gasteiger partial charge in [-0.15, -0.1) is 0 Å². The largest absolute Gasteiger partial charge is 0.365 e. The Kier molecular flexibility index (Phi) is 6.30. The van der Waals surface area contributed by atoms with Crippen molar-refractivity contribution in [3.63, 3.8) is 0 Å². The normalized spacial score (nSPS) is 20.5. The molecule has 0 radical (unpaired) electrons. The van der Waals surface area contributed by atoms with Crippen molar-refractivity contribution < 1.29 is 18.8 Å². The highest BCUT2D eigenvalue weighted by atomic mass is 35.5. The molecule has 2 heterocycles. The van der Waals surface area contributed by atoms with Crippen LogP contribution >= 0.6 is 11.6 Å². The van der Waals surface area contributed by atoms with Crippen molar-refractivity contribution >= 4 is 29.3 Å². The molecule has 2 aliphatic heterocycles. The summed E-state index contributed by atoms with van der Waals surface area (Å²) in [5, 5.41) is 6.29. The van der Waals surface area contributed by atoms with Crippen LogP contribution in [0.2, 0.25) is 5.02 Å². The second-order valence-electron chi connectivity index (χ2n) is 9.38. The van der Waals surface area contributed by atoms with Crippen LogP contribution in [0.4, 0.5) is 4.39 Å². The summed E-state index contributed by atoms with van der Waals surface area (Å²) in [4.78, 5) is 42.2. The van der Waals surface area contributed by atoms with E-state index in [0.29, 0.717) is 42.2 Å². The van der Waals surface area contributed by atoms with Crippen LogP contribution in [0.15, 0.2) is 77.9 Å². The smallest absolute Gasteiger partial charge is 0.252 e. The Balaban J connectivity index is 1.33. The van der Waals surface area contributed by atoms with Gasteiger partial charge >= 0.3 is 0 Å². The molecule has 7 nitrogen and oxygen atoms in total. The average Bonchev–Trinajstić information content (AvgIpc) is 3.66. The molecule has 1 saturated carbocycles. The first kappa shape index (κ1) is 24.1. The monoisotopic (exact) mass is 508 g/mol. The van der Waals surface area contributed by atoms with E-state index in [1.165, 1.54) is 18.0 Å². The van der Waals surface area contributed by atoms with Crippen molar-refractivity contribution in [3.8, 4) is 0 Å². The highest BCUT2D eigenvalue weighted by molar-refractivity contribution is 6.30. The lowest BCUT2D eigenvalue weighted by Gasteiger charge is -2.41. The molecule has 0 spiro atoms. The topological polar surface area (TPSA) is 81.8 Å². The second kappa shape index (κ2) is 9.43. The number of nitrogens with zero attached hydrogens (tertiary/aromatic N) is 2. The van der Waals surface area contributed by atoms with E-state index >= 15 is 0 Å². The van der Waals surface area contributed by atoms with Crippen molar-refractivity contribution in [1.82, 2.24) is 20.4 Å². The Bertz CT molecular complexity index is 1270. The molecule has 0 aromatic heterocycles. The van der Waals surface area contributed by atoms with E-state index < -0.39 is 29.2 Å². The SMILES string of the molecule is CN1C(=O)[C@H](NC(=O)C2(NC(=O)c3ccccc3)CC2)CC2=C1C(F)=CCN2Cc1ccc(Cl)cc1. The van der Waals surface area contributed by atoms with Crippen molar-refractivity contribution in [3.05, 3.63) is 94.0 Å². The summed E-state index contributed by atoms with van der Waals surface area (Å²) in [5.74, 6) is -1.59. The number of carbonyl (C=O) groups is 3. The predicted octanol–water partition coefficient (Wildman–Crippen LogP) is 3.53. The fourth-order valence-electron chi connectivity index (χ4n) is 4.68.